The molecule has 1 aliphatic heterocycles. The molecule has 0 amide bonds. The highest BCUT2D eigenvalue weighted by molar-refractivity contribution is 6.30. The molecule has 112 valence electrons. The third kappa shape index (κ3) is 2.62. The summed E-state index contributed by atoms with van der Waals surface area (Å²) in [5.41, 5.74) is 2.64. The van der Waals surface area contributed by atoms with Crippen molar-refractivity contribution in [2.24, 2.45) is 0 Å². The van der Waals surface area contributed by atoms with Crippen molar-refractivity contribution in [1.82, 2.24) is 0 Å². The summed E-state index contributed by atoms with van der Waals surface area (Å²) in [6.07, 6.45) is 2.43. The Hall–Kier alpha value is -2.58. The SMILES string of the molecule is O=C1Oc2ccc3ccccc3c2C/C1=C\c1ccc(Cl)cc1. The van der Waals surface area contributed by atoms with E-state index in [9.17, 15) is 4.79 Å². The summed E-state index contributed by atoms with van der Waals surface area (Å²) in [4.78, 5) is 12.2. The molecule has 1 heterocycles. The first-order valence-electron chi connectivity index (χ1n) is 7.40. The average Bonchev–Trinajstić information content (AvgIpc) is 2.57. The van der Waals surface area contributed by atoms with Crippen LogP contribution >= 0.6 is 11.6 Å². The van der Waals surface area contributed by atoms with E-state index in [4.69, 9.17) is 16.3 Å². The van der Waals surface area contributed by atoms with Gasteiger partial charge in [-0.3, -0.25) is 0 Å². The highest BCUT2D eigenvalue weighted by Crippen LogP contribution is 2.34. The Morgan fingerprint density at radius 1 is 0.957 bits per heavy atom. The Bertz CT molecular complexity index is 940. The standard InChI is InChI=1S/C20H13ClO2/c21-16-8-5-13(6-9-16)11-15-12-18-17-4-2-1-3-14(17)7-10-19(18)23-20(15)22/h1-11H,12H2/b15-11+. The monoisotopic (exact) mass is 320 g/mol. The van der Waals surface area contributed by atoms with Gasteiger partial charge in [-0.05, 0) is 40.6 Å². The first-order valence-corrected chi connectivity index (χ1v) is 7.77. The minimum atomic E-state index is -0.289. The lowest BCUT2D eigenvalue weighted by molar-refractivity contribution is -0.130. The van der Waals surface area contributed by atoms with Gasteiger partial charge in [-0.15, -0.1) is 0 Å². The topological polar surface area (TPSA) is 26.3 Å². The van der Waals surface area contributed by atoms with Gasteiger partial charge in [-0.25, -0.2) is 4.79 Å². The molecule has 3 aromatic rings. The van der Waals surface area contributed by atoms with Gasteiger partial charge >= 0.3 is 5.97 Å². The number of rotatable bonds is 1. The summed E-state index contributed by atoms with van der Waals surface area (Å²) in [5, 5.41) is 2.95. The summed E-state index contributed by atoms with van der Waals surface area (Å²) >= 11 is 5.90. The number of esters is 1. The second-order valence-corrected chi connectivity index (χ2v) is 5.99. The molecule has 1 aliphatic rings. The molecule has 3 heteroatoms. The Morgan fingerprint density at radius 2 is 1.74 bits per heavy atom. The van der Waals surface area contributed by atoms with Crippen molar-refractivity contribution >= 4 is 34.4 Å². The molecule has 0 radical (unpaired) electrons. The molecule has 0 saturated carbocycles. The molecule has 0 saturated heterocycles. The molecule has 0 unspecified atom stereocenters. The Labute approximate surface area is 139 Å². The molecule has 0 spiro atoms. The largest absolute Gasteiger partial charge is 0.423 e. The van der Waals surface area contributed by atoms with Crippen LogP contribution in [0.3, 0.4) is 0 Å². The van der Waals surface area contributed by atoms with Crippen molar-refractivity contribution in [3.8, 4) is 5.75 Å². The van der Waals surface area contributed by atoms with Gasteiger partial charge in [0.15, 0.2) is 0 Å². The molecule has 0 bridgehead atoms. The van der Waals surface area contributed by atoms with Gasteiger partial charge in [0, 0.05) is 22.6 Å². The molecule has 0 atom stereocenters. The molecule has 0 aromatic heterocycles. The van der Waals surface area contributed by atoms with Gasteiger partial charge in [0.25, 0.3) is 0 Å². The fourth-order valence-corrected chi connectivity index (χ4v) is 3.02. The highest BCUT2D eigenvalue weighted by atomic mass is 35.5. The summed E-state index contributed by atoms with van der Waals surface area (Å²) in [6.45, 7) is 0. The quantitative estimate of drug-likeness (QED) is 0.357. The van der Waals surface area contributed by atoms with Crippen LogP contribution in [0.5, 0.6) is 5.75 Å². The van der Waals surface area contributed by atoms with Crippen molar-refractivity contribution in [2.75, 3.05) is 0 Å². The zero-order chi connectivity index (χ0) is 15.8. The van der Waals surface area contributed by atoms with Gasteiger partial charge in [0.05, 0.1) is 0 Å². The van der Waals surface area contributed by atoms with Gasteiger partial charge in [-0.1, -0.05) is 54.1 Å². The molecule has 0 fully saturated rings. The van der Waals surface area contributed by atoms with Gasteiger partial charge in [-0.2, -0.15) is 0 Å². The number of benzene rings is 3. The summed E-state index contributed by atoms with van der Waals surface area (Å²) in [6, 6.07) is 19.4. The Morgan fingerprint density at radius 3 is 2.57 bits per heavy atom. The minimum absolute atomic E-state index is 0.289. The molecule has 4 rings (SSSR count). The van der Waals surface area contributed by atoms with Crippen LogP contribution < -0.4 is 4.74 Å². The fraction of sp³-hybridized carbons (Fsp3) is 0.0500. The molecular formula is C20H13ClO2. The van der Waals surface area contributed by atoms with Crippen molar-refractivity contribution in [2.45, 2.75) is 6.42 Å². The van der Waals surface area contributed by atoms with E-state index in [-0.39, 0.29) is 5.97 Å². The Balaban J connectivity index is 1.80. The minimum Gasteiger partial charge on any atom is -0.423 e. The van der Waals surface area contributed by atoms with Crippen LogP contribution in [0.2, 0.25) is 5.02 Å². The molecule has 0 N–H and O–H groups in total. The maximum atomic E-state index is 12.2. The molecular weight excluding hydrogens is 308 g/mol. The first kappa shape index (κ1) is 14.0. The van der Waals surface area contributed by atoms with E-state index in [0.29, 0.717) is 22.8 Å². The van der Waals surface area contributed by atoms with E-state index in [2.05, 4.69) is 12.1 Å². The average molecular weight is 321 g/mol. The zero-order valence-corrected chi connectivity index (χ0v) is 13.0. The predicted molar refractivity (Wildman–Crippen MR) is 92.7 cm³/mol. The van der Waals surface area contributed by atoms with Crippen LogP contribution in [0.4, 0.5) is 0 Å². The first-order chi connectivity index (χ1) is 11.2. The summed E-state index contributed by atoms with van der Waals surface area (Å²) < 4.78 is 5.52. The maximum Gasteiger partial charge on any atom is 0.339 e. The molecule has 23 heavy (non-hydrogen) atoms. The number of hydrogen-bond acceptors (Lipinski definition) is 2. The van der Waals surface area contributed by atoms with Crippen LogP contribution in [0.15, 0.2) is 66.2 Å². The number of ether oxygens (including phenoxy) is 1. The molecule has 0 aliphatic carbocycles. The summed E-state index contributed by atoms with van der Waals surface area (Å²) in [7, 11) is 0. The Kier molecular flexibility index (Phi) is 3.40. The maximum absolute atomic E-state index is 12.2. The molecule has 3 aromatic carbocycles. The van der Waals surface area contributed by atoms with Crippen molar-refractivity contribution in [3.63, 3.8) is 0 Å². The van der Waals surface area contributed by atoms with E-state index >= 15 is 0 Å². The van der Waals surface area contributed by atoms with E-state index in [1.165, 1.54) is 0 Å². The van der Waals surface area contributed by atoms with Crippen LogP contribution in [0.25, 0.3) is 16.8 Å². The highest BCUT2D eigenvalue weighted by Gasteiger charge is 2.23. The van der Waals surface area contributed by atoms with Crippen molar-refractivity contribution in [3.05, 3.63) is 82.4 Å². The number of carbonyl (C=O) groups excluding carboxylic acids is 1. The lowest BCUT2D eigenvalue weighted by Crippen LogP contribution is -2.19. The van der Waals surface area contributed by atoms with Crippen LogP contribution in [0, 0.1) is 0 Å². The second-order valence-electron chi connectivity index (χ2n) is 5.55. The third-order valence-corrected chi connectivity index (χ3v) is 4.29. The zero-order valence-electron chi connectivity index (χ0n) is 12.3. The van der Waals surface area contributed by atoms with E-state index in [0.717, 1.165) is 21.9 Å². The number of carbonyl (C=O) groups is 1. The van der Waals surface area contributed by atoms with Crippen molar-refractivity contribution in [1.29, 1.82) is 0 Å². The van der Waals surface area contributed by atoms with Crippen LogP contribution in [0.1, 0.15) is 11.1 Å². The second kappa shape index (κ2) is 5.56. The van der Waals surface area contributed by atoms with E-state index < -0.39 is 0 Å². The predicted octanol–water partition coefficient (Wildman–Crippen LogP) is 5.04. The van der Waals surface area contributed by atoms with Crippen LogP contribution in [-0.4, -0.2) is 5.97 Å². The van der Waals surface area contributed by atoms with Crippen LogP contribution in [-0.2, 0) is 11.2 Å². The molecule has 2 nitrogen and oxygen atoms in total. The van der Waals surface area contributed by atoms with E-state index in [1.807, 2.05) is 54.6 Å². The lowest BCUT2D eigenvalue weighted by Gasteiger charge is -2.20. The number of halogens is 1. The lowest BCUT2D eigenvalue weighted by atomic mass is 9.94. The van der Waals surface area contributed by atoms with E-state index in [1.54, 1.807) is 0 Å². The summed E-state index contributed by atoms with van der Waals surface area (Å²) in [5.74, 6) is 0.365. The van der Waals surface area contributed by atoms with Gasteiger partial charge in [0.2, 0.25) is 0 Å². The van der Waals surface area contributed by atoms with Gasteiger partial charge in [0.1, 0.15) is 5.75 Å². The number of hydrogen-bond donors (Lipinski definition) is 0. The normalized spacial score (nSPS) is 15.5. The third-order valence-electron chi connectivity index (χ3n) is 4.04. The smallest absolute Gasteiger partial charge is 0.339 e. The van der Waals surface area contributed by atoms with Crippen molar-refractivity contribution < 1.29 is 9.53 Å². The fourth-order valence-electron chi connectivity index (χ4n) is 2.89. The number of fused-ring (bicyclic) bond motifs is 3. The van der Waals surface area contributed by atoms with Gasteiger partial charge < -0.3 is 4.74 Å².